The lowest BCUT2D eigenvalue weighted by Gasteiger charge is -2.18. The summed E-state index contributed by atoms with van der Waals surface area (Å²) in [6, 6.07) is 56.5. The zero-order valence-corrected chi connectivity index (χ0v) is 24.6. The Morgan fingerprint density at radius 3 is 0.889 bits per heavy atom. The molecule has 2 N–H and O–H groups in total. The maximum Gasteiger partial charge on any atom is 0.207 e. The summed E-state index contributed by atoms with van der Waals surface area (Å²) in [5.41, 5.74) is 2.99. The van der Waals surface area contributed by atoms with Gasteiger partial charge in [0.25, 0.3) is 0 Å². The van der Waals surface area contributed by atoms with Gasteiger partial charge in [-0.25, -0.2) is 0 Å². The SMILES string of the molecule is O.O=C(c1ccccc1)C(Oc1ccccc1)c1ccccc1.O=C(c1ccccc1)C(Oc1ccccc1)c1ccccc1. The first-order valence-corrected chi connectivity index (χ1v) is 14.4. The average molecular weight is 595 g/mol. The molecule has 6 aromatic rings. The van der Waals surface area contributed by atoms with Gasteiger partial charge in [-0.2, -0.15) is 0 Å². The van der Waals surface area contributed by atoms with Crippen LogP contribution in [0.5, 0.6) is 11.5 Å². The van der Waals surface area contributed by atoms with Gasteiger partial charge in [0.15, 0.2) is 12.2 Å². The maximum atomic E-state index is 12.8. The molecule has 5 nitrogen and oxygen atoms in total. The van der Waals surface area contributed by atoms with Crippen LogP contribution in [0.4, 0.5) is 0 Å². The summed E-state index contributed by atoms with van der Waals surface area (Å²) in [5.74, 6) is 1.27. The molecule has 45 heavy (non-hydrogen) atoms. The number of para-hydroxylation sites is 2. The Morgan fingerprint density at radius 1 is 0.356 bits per heavy atom. The van der Waals surface area contributed by atoms with Gasteiger partial charge in [-0.05, 0) is 24.3 Å². The quantitative estimate of drug-likeness (QED) is 0.149. The normalized spacial score (nSPS) is 11.4. The Hall–Kier alpha value is -5.78. The van der Waals surface area contributed by atoms with Gasteiger partial charge in [-0.3, -0.25) is 9.59 Å². The zero-order valence-electron chi connectivity index (χ0n) is 24.6. The van der Waals surface area contributed by atoms with Gasteiger partial charge < -0.3 is 14.9 Å². The Morgan fingerprint density at radius 2 is 0.600 bits per heavy atom. The number of hydrogen-bond acceptors (Lipinski definition) is 4. The summed E-state index contributed by atoms with van der Waals surface area (Å²) in [4.78, 5) is 25.6. The van der Waals surface area contributed by atoms with Crippen LogP contribution in [0.25, 0.3) is 0 Å². The first-order chi connectivity index (χ1) is 21.7. The van der Waals surface area contributed by atoms with Crippen LogP contribution in [0, 0.1) is 0 Å². The van der Waals surface area contributed by atoms with Crippen molar-refractivity contribution in [2.75, 3.05) is 0 Å². The van der Waals surface area contributed by atoms with Crippen LogP contribution in [-0.2, 0) is 0 Å². The van der Waals surface area contributed by atoms with Crippen molar-refractivity contribution in [3.63, 3.8) is 0 Å². The molecule has 0 bridgehead atoms. The van der Waals surface area contributed by atoms with Crippen LogP contribution in [0.2, 0.25) is 0 Å². The van der Waals surface area contributed by atoms with Gasteiger partial charge in [0.2, 0.25) is 11.6 Å². The summed E-state index contributed by atoms with van der Waals surface area (Å²) in [6.07, 6.45) is -1.29. The molecule has 0 saturated heterocycles. The van der Waals surface area contributed by atoms with Gasteiger partial charge in [0.05, 0.1) is 0 Å². The highest BCUT2D eigenvalue weighted by molar-refractivity contribution is 6.00. The number of ketones is 2. The predicted octanol–water partition coefficient (Wildman–Crippen LogP) is 8.55. The summed E-state index contributed by atoms with van der Waals surface area (Å²) in [7, 11) is 0. The Labute approximate surface area is 263 Å². The van der Waals surface area contributed by atoms with Crippen molar-refractivity contribution in [2.45, 2.75) is 12.2 Å². The van der Waals surface area contributed by atoms with E-state index >= 15 is 0 Å². The van der Waals surface area contributed by atoms with E-state index in [0.717, 1.165) is 11.1 Å². The molecule has 5 heteroatoms. The molecule has 6 rings (SSSR count). The molecule has 2 unspecified atom stereocenters. The minimum absolute atomic E-state index is 0. The van der Waals surface area contributed by atoms with Crippen LogP contribution in [-0.4, -0.2) is 17.0 Å². The summed E-state index contributed by atoms with van der Waals surface area (Å²) in [6.45, 7) is 0. The van der Waals surface area contributed by atoms with Gasteiger partial charge in [-0.15, -0.1) is 0 Å². The molecule has 0 aliphatic rings. The average Bonchev–Trinajstić information content (AvgIpc) is 3.12. The van der Waals surface area contributed by atoms with Gasteiger partial charge in [0.1, 0.15) is 11.5 Å². The first-order valence-electron chi connectivity index (χ1n) is 14.4. The second kappa shape index (κ2) is 16.8. The lowest BCUT2D eigenvalue weighted by Crippen LogP contribution is -2.19. The van der Waals surface area contributed by atoms with Crippen molar-refractivity contribution in [3.8, 4) is 11.5 Å². The third-order valence-corrected chi connectivity index (χ3v) is 6.79. The van der Waals surface area contributed by atoms with Crippen LogP contribution >= 0.6 is 0 Å². The van der Waals surface area contributed by atoms with E-state index in [2.05, 4.69) is 0 Å². The molecule has 0 saturated carbocycles. The molecule has 0 radical (unpaired) electrons. The van der Waals surface area contributed by atoms with Crippen molar-refractivity contribution >= 4 is 11.6 Å². The highest BCUT2D eigenvalue weighted by atomic mass is 16.5. The summed E-state index contributed by atoms with van der Waals surface area (Å²) >= 11 is 0. The van der Waals surface area contributed by atoms with Crippen LogP contribution in [0.3, 0.4) is 0 Å². The largest absolute Gasteiger partial charge is 0.478 e. The van der Waals surface area contributed by atoms with Gasteiger partial charge in [-0.1, -0.05) is 158 Å². The van der Waals surface area contributed by atoms with Crippen molar-refractivity contribution < 1.29 is 24.5 Å². The Balaban J connectivity index is 0.000000200. The van der Waals surface area contributed by atoms with E-state index in [0.29, 0.717) is 22.6 Å². The van der Waals surface area contributed by atoms with E-state index in [-0.39, 0.29) is 17.0 Å². The molecule has 224 valence electrons. The number of Topliss-reactive ketones (excluding diaryl/α,β-unsaturated/α-hetero) is 2. The fourth-order valence-corrected chi connectivity index (χ4v) is 4.58. The monoisotopic (exact) mass is 594 g/mol. The summed E-state index contributed by atoms with van der Waals surface area (Å²) < 4.78 is 11.9. The van der Waals surface area contributed by atoms with Gasteiger partial charge in [0, 0.05) is 22.3 Å². The third-order valence-electron chi connectivity index (χ3n) is 6.79. The second-order valence-corrected chi connectivity index (χ2v) is 9.90. The van der Waals surface area contributed by atoms with E-state index in [1.165, 1.54) is 0 Å². The molecule has 0 spiro atoms. The predicted molar refractivity (Wildman–Crippen MR) is 178 cm³/mol. The number of benzene rings is 6. The molecule has 0 aliphatic heterocycles. The molecule has 0 fully saturated rings. The molecule has 0 amide bonds. The first kappa shape index (κ1) is 32.1. The topological polar surface area (TPSA) is 84.1 Å². The van der Waals surface area contributed by atoms with E-state index in [9.17, 15) is 9.59 Å². The Kier molecular flexibility index (Phi) is 12.0. The molecular formula is C40H34O5. The molecule has 0 heterocycles. The zero-order chi connectivity index (χ0) is 30.4. The van der Waals surface area contributed by atoms with E-state index in [4.69, 9.17) is 9.47 Å². The number of rotatable bonds is 10. The molecule has 6 aromatic carbocycles. The lowest BCUT2D eigenvalue weighted by atomic mass is 10.00. The van der Waals surface area contributed by atoms with Crippen molar-refractivity contribution in [1.29, 1.82) is 0 Å². The number of hydrogen-bond donors (Lipinski definition) is 0. The highest BCUT2D eigenvalue weighted by Gasteiger charge is 2.25. The fraction of sp³-hybridized carbons (Fsp3) is 0.0500. The van der Waals surface area contributed by atoms with Gasteiger partial charge >= 0.3 is 0 Å². The standard InChI is InChI=1S/2C20H16O2.H2O/c2*21-19(16-10-4-1-5-11-16)20(17-12-6-2-7-13-17)22-18-14-8-3-9-15-18;/h2*1-15,20H;1H2. The fourth-order valence-electron chi connectivity index (χ4n) is 4.58. The maximum absolute atomic E-state index is 12.8. The molecule has 0 aromatic heterocycles. The number of ether oxygens (including phenoxy) is 2. The minimum Gasteiger partial charge on any atom is -0.478 e. The second-order valence-electron chi connectivity index (χ2n) is 9.90. The van der Waals surface area contributed by atoms with Crippen LogP contribution in [0.1, 0.15) is 44.1 Å². The van der Waals surface area contributed by atoms with Crippen molar-refractivity contribution in [3.05, 3.63) is 204 Å². The minimum atomic E-state index is -0.647. The van der Waals surface area contributed by atoms with E-state index < -0.39 is 12.2 Å². The number of carbonyl (C=O) groups excluding carboxylic acids is 2. The smallest absolute Gasteiger partial charge is 0.207 e. The van der Waals surface area contributed by atoms with Crippen LogP contribution < -0.4 is 9.47 Å². The van der Waals surface area contributed by atoms with Crippen molar-refractivity contribution in [2.24, 2.45) is 0 Å². The molecular weight excluding hydrogens is 560 g/mol. The molecule has 2 atom stereocenters. The number of carbonyl (C=O) groups is 2. The van der Waals surface area contributed by atoms with Crippen molar-refractivity contribution in [1.82, 2.24) is 0 Å². The van der Waals surface area contributed by atoms with E-state index in [1.807, 2.05) is 182 Å². The highest BCUT2D eigenvalue weighted by Crippen LogP contribution is 2.27. The van der Waals surface area contributed by atoms with E-state index in [1.54, 1.807) is 0 Å². The third kappa shape index (κ3) is 9.10. The molecule has 0 aliphatic carbocycles. The van der Waals surface area contributed by atoms with Crippen LogP contribution in [0.15, 0.2) is 182 Å². The Bertz CT molecular complexity index is 1580. The lowest BCUT2D eigenvalue weighted by molar-refractivity contribution is 0.0787. The summed E-state index contributed by atoms with van der Waals surface area (Å²) in [5, 5.41) is 0.